The predicted octanol–water partition coefficient (Wildman–Crippen LogP) is 3.24. The van der Waals surface area contributed by atoms with E-state index in [-0.39, 0.29) is 11.9 Å². The molecule has 0 saturated carbocycles. The van der Waals surface area contributed by atoms with Gasteiger partial charge in [-0.05, 0) is 38.5 Å². The van der Waals surface area contributed by atoms with Crippen molar-refractivity contribution in [3.63, 3.8) is 0 Å². The quantitative estimate of drug-likeness (QED) is 0.758. The molecular formula is C13H20FNOS. The maximum Gasteiger partial charge on any atom is 0.126 e. The first-order valence-corrected chi connectivity index (χ1v) is 7.17. The van der Waals surface area contributed by atoms with E-state index >= 15 is 0 Å². The van der Waals surface area contributed by atoms with Crippen LogP contribution in [0.4, 0.5) is 4.39 Å². The summed E-state index contributed by atoms with van der Waals surface area (Å²) < 4.78 is 18.8. The third-order valence-corrected chi connectivity index (χ3v) is 3.32. The van der Waals surface area contributed by atoms with Crippen LogP contribution in [0.2, 0.25) is 0 Å². The molecule has 1 aromatic rings. The van der Waals surface area contributed by atoms with E-state index < -0.39 is 0 Å². The summed E-state index contributed by atoms with van der Waals surface area (Å²) in [6.07, 6.45) is 3.04. The second kappa shape index (κ2) is 7.56. The van der Waals surface area contributed by atoms with Gasteiger partial charge in [-0.15, -0.1) is 0 Å². The van der Waals surface area contributed by atoms with E-state index in [4.69, 9.17) is 4.74 Å². The Balaban J connectivity index is 2.69. The Morgan fingerprint density at radius 2 is 2.24 bits per heavy atom. The summed E-state index contributed by atoms with van der Waals surface area (Å²) >= 11 is 1.79. The second-order valence-electron chi connectivity index (χ2n) is 3.89. The molecule has 1 aromatic carbocycles. The van der Waals surface area contributed by atoms with E-state index in [1.807, 2.05) is 14.0 Å². The number of thioether (sulfide) groups is 1. The molecule has 0 aromatic heterocycles. The zero-order valence-corrected chi connectivity index (χ0v) is 11.4. The van der Waals surface area contributed by atoms with Crippen molar-refractivity contribution in [2.75, 3.05) is 25.7 Å². The zero-order valence-electron chi connectivity index (χ0n) is 10.6. The molecule has 0 fully saturated rings. The fraction of sp³-hybridized carbons (Fsp3) is 0.538. The molecule has 17 heavy (non-hydrogen) atoms. The van der Waals surface area contributed by atoms with Gasteiger partial charge in [0.05, 0.1) is 6.61 Å². The van der Waals surface area contributed by atoms with Gasteiger partial charge in [-0.2, -0.15) is 11.8 Å². The highest BCUT2D eigenvalue weighted by atomic mass is 32.2. The lowest BCUT2D eigenvalue weighted by atomic mass is 10.1. The average Bonchev–Trinajstić information content (AvgIpc) is 2.34. The Labute approximate surface area is 107 Å². The molecule has 4 heteroatoms. The highest BCUT2D eigenvalue weighted by molar-refractivity contribution is 7.98. The number of halogens is 1. The van der Waals surface area contributed by atoms with E-state index in [0.717, 1.165) is 17.7 Å². The molecule has 1 atom stereocenters. The van der Waals surface area contributed by atoms with Gasteiger partial charge in [0.1, 0.15) is 11.6 Å². The highest BCUT2D eigenvalue weighted by Crippen LogP contribution is 2.26. The minimum absolute atomic E-state index is 0.158. The Hall–Kier alpha value is -0.740. The summed E-state index contributed by atoms with van der Waals surface area (Å²) in [4.78, 5) is 0. The van der Waals surface area contributed by atoms with Crippen molar-refractivity contribution < 1.29 is 9.13 Å². The molecule has 1 N–H and O–H groups in total. The van der Waals surface area contributed by atoms with Gasteiger partial charge < -0.3 is 10.1 Å². The van der Waals surface area contributed by atoms with Gasteiger partial charge in [0.2, 0.25) is 0 Å². The molecule has 0 aliphatic heterocycles. The van der Waals surface area contributed by atoms with Gasteiger partial charge in [0.25, 0.3) is 0 Å². The van der Waals surface area contributed by atoms with Crippen LogP contribution >= 0.6 is 11.8 Å². The third-order valence-electron chi connectivity index (χ3n) is 2.63. The number of ether oxygens (including phenoxy) is 1. The van der Waals surface area contributed by atoms with Crippen molar-refractivity contribution in [1.82, 2.24) is 5.32 Å². The minimum Gasteiger partial charge on any atom is -0.493 e. The minimum atomic E-state index is -0.253. The molecule has 1 unspecified atom stereocenters. The number of hydrogen-bond acceptors (Lipinski definition) is 3. The van der Waals surface area contributed by atoms with Crippen LogP contribution in [-0.4, -0.2) is 25.7 Å². The van der Waals surface area contributed by atoms with Crippen molar-refractivity contribution in [3.8, 4) is 5.75 Å². The second-order valence-corrected chi connectivity index (χ2v) is 4.87. The fourth-order valence-corrected chi connectivity index (χ4v) is 1.94. The number of benzene rings is 1. The standard InChI is InChI=1S/C13H20FNOS/c1-10(15-2)12-6-5-11(14)9-13(12)16-7-4-8-17-3/h5-6,9-10,15H,4,7-8H2,1-3H3. The van der Waals surface area contributed by atoms with Crippen molar-refractivity contribution in [2.24, 2.45) is 0 Å². The van der Waals surface area contributed by atoms with Crippen LogP contribution in [0.5, 0.6) is 5.75 Å². The van der Waals surface area contributed by atoms with E-state index in [1.54, 1.807) is 17.8 Å². The van der Waals surface area contributed by atoms with Gasteiger partial charge in [-0.3, -0.25) is 0 Å². The summed E-state index contributed by atoms with van der Waals surface area (Å²) in [5.41, 5.74) is 0.998. The zero-order chi connectivity index (χ0) is 12.7. The maximum absolute atomic E-state index is 13.2. The van der Waals surface area contributed by atoms with Gasteiger partial charge >= 0.3 is 0 Å². The summed E-state index contributed by atoms with van der Waals surface area (Å²) in [5, 5.41) is 3.14. The predicted molar refractivity (Wildman–Crippen MR) is 72.4 cm³/mol. The molecule has 96 valence electrons. The van der Waals surface area contributed by atoms with E-state index in [9.17, 15) is 4.39 Å². The van der Waals surface area contributed by atoms with Gasteiger partial charge in [-0.25, -0.2) is 4.39 Å². The molecule has 0 amide bonds. The molecule has 0 radical (unpaired) electrons. The van der Waals surface area contributed by atoms with Crippen molar-refractivity contribution in [3.05, 3.63) is 29.6 Å². The first-order chi connectivity index (χ1) is 8.19. The first kappa shape index (κ1) is 14.3. The molecule has 0 bridgehead atoms. The highest BCUT2D eigenvalue weighted by Gasteiger charge is 2.10. The number of rotatable bonds is 7. The average molecular weight is 257 g/mol. The molecular weight excluding hydrogens is 237 g/mol. The number of hydrogen-bond donors (Lipinski definition) is 1. The largest absolute Gasteiger partial charge is 0.493 e. The molecule has 0 aliphatic rings. The molecule has 0 spiro atoms. The first-order valence-electron chi connectivity index (χ1n) is 5.77. The van der Waals surface area contributed by atoms with Gasteiger partial charge in [-0.1, -0.05) is 6.07 Å². The fourth-order valence-electron chi connectivity index (χ4n) is 1.53. The molecule has 1 rings (SSSR count). The molecule has 0 saturated heterocycles. The van der Waals surface area contributed by atoms with E-state index in [0.29, 0.717) is 12.4 Å². The summed E-state index contributed by atoms with van der Waals surface area (Å²) in [6, 6.07) is 4.87. The Bertz CT molecular complexity index is 346. The Morgan fingerprint density at radius 1 is 1.47 bits per heavy atom. The molecule has 2 nitrogen and oxygen atoms in total. The van der Waals surface area contributed by atoms with Crippen molar-refractivity contribution in [2.45, 2.75) is 19.4 Å². The van der Waals surface area contributed by atoms with Crippen LogP contribution in [0.3, 0.4) is 0 Å². The van der Waals surface area contributed by atoms with Crippen LogP contribution in [0.15, 0.2) is 18.2 Å². The lowest BCUT2D eigenvalue weighted by Gasteiger charge is -2.16. The van der Waals surface area contributed by atoms with Gasteiger partial charge in [0.15, 0.2) is 0 Å². The Kier molecular flexibility index (Phi) is 6.37. The summed E-state index contributed by atoms with van der Waals surface area (Å²) in [7, 11) is 1.88. The lowest BCUT2D eigenvalue weighted by molar-refractivity contribution is 0.311. The van der Waals surface area contributed by atoms with Crippen LogP contribution in [-0.2, 0) is 0 Å². The van der Waals surface area contributed by atoms with Crippen molar-refractivity contribution in [1.29, 1.82) is 0 Å². The third kappa shape index (κ3) is 4.56. The monoisotopic (exact) mass is 257 g/mol. The number of nitrogens with one attached hydrogen (secondary N) is 1. The van der Waals surface area contributed by atoms with Crippen LogP contribution in [0, 0.1) is 5.82 Å². The lowest BCUT2D eigenvalue weighted by Crippen LogP contribution is -2.14. The summed E-state index contributed by atoms with van der Waals surface area (Å²) in [6.45, 7) is 2.66. The van der Waals surface area contributed by atoms with Crippen LogP contribution in [0.1, 0.15) is 24.9 Å². The summed E-state index contributed by atoms with van der Waals surface area (Å²) in [5.74, 6) is 1.46. The molecule has 0 heterocycles. The van der Waals surface area contributed by atoms with Crippen LogP contribution < -0.4 is 10.1 Å². The topological polar surface area (TPSA) is 21.3 Å². The van der Waals surface area contributed by atoms with Gasteiger partial charge in [0, 0.05) is 17.7 Å². The van der Waals surface area contributed by atoms with E-state index in [1.165, 1.54) is 12.1 Å². The van der Waals surface area contributed by atoms with Crippen LogP contribution in [0.25, 0.3) is 0 Å². The Morgan fingerprint density at radius 3 is 2.88 bits per heavy atom. The van der Waals surface area contributed by atoms with Crippen molar-refractivity contribution >= 4 is 11.8 Å². The van der Waals surface area contributed by atoms with E-state index in [2.05, 4.69) is 11.6 Å². The molecule has 0 aliphatic carbocycles. The normalized spacial score (nSPS) is 12.5. The SMILES string of the molecule is CNC(C)c1ccc(F)cc1OCCCSC. The maximum atomic E-state index is 13.2. The smallest absolute Gasteiger partial charge is 0.126 e.